The fraction of sp³-hybridized carbons (Fsp3) is 0.389. The standard InChI is InChI=1S/C18H25N3O4S/c1-4-21(5-2)26(23,24)16-10-8-15(9-11-16)20-18(22)13-19-14(3)17-7-6-12-25-17/h6-12,14,19H,4-5,13H2,1-3H3,(H,20,22)/p+1/t14-/m0/s1. The number of rotatable bonds is 9. The second-order valence-electron chi connectivity index (χ2n) is 5.91. The van der Waals surface area contributed by atoms with Crippen molar-refractivity contribution < 1.29 is 22.9 Å². The molecule has 7 nitrogen and oxygen atoms in total. The van der Waals surface area contributed by atoms with E-state index in [0.29, 0.717) is 18.8 Å². The number of furan rings is 1. The summed E-state index contributed by atoms with van der Waals surface area (Å²) in [4.78, 5) is 12.3. The van der Waals surface area contributed by atoms with Crippen molar-refractivity contribution in [2.45, 2.75) is 31.7 Å². The predicted molar refractivity (Wildman–Crippen MR) is 99.1 cm³/mol. The highest BCUT2D eigenvalue weighted by atomic mass is 32.2. The highest BCUT2D eigenvalue weighted by Gasteiger charge is 2.21. The lowest BCUT2D eigenvalue weighted by Gasteiger charge is -2.18. The van der Waals surface area contributed by atoms with Crippen molar-refractivity contribution in [2.24, 2.45) is 0 Å². The molecule has 2 rings (SSSR count). The molecule has 0 radical (unpaired) electrons. The maximum Gasteiger partial charge on any atom is 0.279 e. The normalized spacial score (nSPS) is 12.9. The Kier molecular flexibility index (Phi) is 6.96. The van der Waals surface area contributed by atoms with Crippen LogP contribution < -0.4 is 10.6 Å². The average molecular weight is 380 g/mol. The van der Waals surface area contributed by atoms with Crippen molar-refractivity contribution in [1.29, 1.82) is 0 Å². The summed E-state index contributed by atoms with van der Waals surface area (Å²) in [7, 11) is -3.49. The Morgan fingerprint density at radius 2 is 1.85 bits per heavy atom. The van der Waals surface area contributed by atoms with Gasteiger partial charge >= 0.3 is 0 Å². The van der Waals surface area contributed by atoms with Gasteiger partial charge in [0, 0.05) is 18.8 Å². The summed E-state index contributed by atoms with van der Waals surface area (Å²) in [6.45, 7) is 6.63. The van der Waals surface area contributed by atoms with Crippen LogP contribution >= 0.6 is 0 Å². The zero-order valence-corrected chi connectivity index (χ0v) is 16.1. The van der Waals surface area contributed by atoms with Crippen LogP contribution in [0.4, 0.5) is 5.69 Å². The van der Waals surface area contributed by atoms with Gasteiger partial charge in [-0.1, -0.05) is 13.8 Å². The molecule has 8 heteroatoms. The van der Waals surface area contributed by atoms with E-state index in [4.69, 9.17) is 4.42 Å². The van der Waals surface area contributed by atoms with Crippen molar-refractivity contribution in [3.8, 4) is 0 Å². The maximum atomic E-state index is 12.4. The monoisotopic (exact) mass is 380 g/mol. The number of nitrogens with zero attached hydrogens (tertiary/aromatic N) is 1. The summed E-state index contributed by atoms with van der Waals surface area (Å²) in [6, 6.07) is 9.95. The summed E-state index contributed by atoms with van der Waals surface area (Å²) in [5.41, 5.74) is 0.563. The first-order valence-electron chi connectivity index (χ1n) is 8.65. The van der Waals surface area contributed by atoms with Crippen molar-refractivity contribution in [3.05, 3.63) is 48.4 Å². The van der Waals surface area contributed by atoms with Gasteiger partial charge in [-0.25, -0.2) is 8.42 Å². The van der Waals surface area contributed by atoms with Gasteiger partial charge in [-0.3, -0.25) is 4.79 Å². The molecule has 1 atom stereocenters. The molecular formula is C18H26N3O4S+. The van der Waals surface area contributed by atoms with Gasteiger partial charge in [0.2, 0.25) is 10.0 Å². The molecule has 1 aromatic heterocycles. The molecule has 0 fully saturated rings. The van der Waals surface area contributed by atoms with E-state index >= 15 is 0 Å². The Morgan fingerprint density at radius 1 is 1.19 bits per heavy atom. The predicted octanol–water partition coefficient (Wildman–Crippen LogP) is 1.57. The Morgan fingerprint density at radius 3 is 2.38 bits per heavy atom. The Balaban J connectivity index is 1.93. The largest absolute Gasteiger partial charge is 0.463 e. The summed E-state index contributed by atoms with van der Waals surface area (Å²) in [6.07, 6.45) is 1.60. The third-order valence-electron chi connectivity index (χ3n) is 4.13. The number of anilines is 1. The molecule has 3 N–H and O–H groups in total. The summed E-state index contributed by atoms with van der Waals surface area (Å²) >= 11 is 0. The van der Waals surface area contributed by atoms with Crippen LogP contribution in [0.5, 0.6) is 0 Å². The van der Waals surface area contributed by atoms with Gasteiger partial charge in [-0.15, -0.1) is 0 Å². The Labute approximate surface area is 154 Å². The zero-order chi connectivity index (χ0) is 19.2. The lowest BCUT2D eigenvalue weighted by molar-refractivity contribution is -0.684. The van der Waals surface area contributed by atoms with Crippen molar-refractivity contribution in [3.63, 3.8) is 0 Å². The molecule has 0 aliphatic carbocycles. The third-order valence-corrected chi connectivity index (χ3v) is 6.19. The van der Waals surface area contributed by atoms with Crippen LogP contribution in [0, 0.1) is 0 Å². The number of amides is 1. The second-order valence-corrected chi connectivity index (χ2v) is 7.84. The zero-order valence-electron chi connectivity index (χ0n) is 15.3. The Hall–Kier alpha value is -2.16. The maximum absolute atomic E-state index is 12.4. The third kappa shape index (κ3) is 4.94. The molecule has 26 heavy (non-hydrogen) atoms. The molecule has 0 unspecified atom stereocenters. The fourth-order valence-electron chi connectivity index (χ4n) is 2.59. The van der Waals surface area contributed by atoms with Crippen LogP contribution in [0.25, 0.3) is 0 Å². The number of nitrogens with one attached hydrogen (secondary N) is 1. The van der Waals surface area contributed by atoms with Crippen molar-refractivity contribution >= 4 is 21.6 Å². The second kappa shape index (κ2) is 8.98. The van der Waals surface area contributed by atoms with Crippen molar-refractivity contribution in [1.82, 2.24) is 4.31 Å². The van der Waals surface area contributed by atoms with Gasteiger partial charge in [-0.2, -0.15) is 4.31 Å². The van der Waals surface area contributed by atoms with E-state index in [0.717, 1.165) is 5.76 Å². The van der Waals surface area contributed by atoms with Crippen LogP contribution in [0.15, 0.2) is 52.0 Å². The molecular weight excluding hydrogens is 354 g/mol. The number of quaternary nitrogens is 1. The number of carbonyl (C=O) groups excluding carboxylic acids is 1. The number of hydrogen-bond donors (Lipinski definition) is 2. The average Bonchev–Trinajstić information content (AvgIpc) is 3.16. The minimum atomic E-state index is -3.49. The highest BCUT2D eigenvalue weighted by Crippen LogP contribution is 2.18. The number of benzene rings is 1. The molecule has 1 aromatic carbocycles. The molecule has 142 valence electrons. The quantitative estimate of drug-likeness (QED) is 0.690. The molecule has 0 aliphatic rings. The first kappa shape index (κ1) is 20.2. The number of sulfonamides is 1. The molecule has 0 spiro atoms. The highest BCUT2D eigenvalue weighted by molar-refractivity contribution is 7.89. The van der Waals surface area contributed by atoms with E-state index in [1.165, 1.54) is 16.4 Å². The van der Waals surface area contributed by atoms with E-state index in [1.807, 2.05) is 24.4 Å². The van der Waals surface area contributed by atoms with Crippen LogP contribution in [0.3, 0.4) is 0 Å². The number of hydrogen-bond acceptors (Lipinski definition) is 4. The first-order valence-corrected chi connectivity index (χ1v) is 10.1. The van der Waals surface area contributed by atoms with E-state index in [1.54, 1.807) is 32.2 Å². The minimum absolute atomic E-state index is 0.0392. The van der Waals surface area contributed by atoms with Gasteiger partial charge in [0.1, 0.15) is 6.04 Å². The van der Waals surface area contributed by atoms with Gasteiger partial charge in [0.15, 0.2) is 12.3 Å². The lowest BCUT2D eigenvalue weighted by Crippen LogP contribution is -2.86. The molecule has 0 bridgehead atoms. The molecule has 0 saturated heterocycles. The van der Waals surface area contributed by atoms with E-state index in [2.05, 4.69) is 5.32 Å². The van der Waals surface area contributed by atoms with Crippen molar-refractivity contribution in [2.75, 3.05) is 25.0 Å². The minimum Gasteiger partial charge on any atom is -0.463 e. The topological polar surface area (TPSA) is 96.2 Å². The summed E-state index contributed by atoms with van der Waals surface area (Å²) in [5.74, 6) is 0.645. The molecule has 1 heterocycles. The van der Waals surface area contributed by atoms with Crippen LogP contribution in [-0.2, 0) is 14.8 Å². The van der Waals surface area contributed by atoms with Crippen LogP contribution in [0.2, 0.25) is 0 Å². The first-order chi connectivity index (χ1) is 12.4. The SMILES string of the molecule is CCN(CC)S(=O)(=O)c1ccc(NC(=O)C[NH2+][C@@H](C)c2ccco2)cc1. The van der Waals surface area contributed by atoms with Gasteiger partial charge in [0.25, 0.3) is 5.91 Å². The lowest BCUT2D eigenvalue weighted by atomic mass is 10.2. The smallest absolute Gasteiger partial charge is 0.279 e. The Bertz CT molecular complexity index is 797. The molecule has 1 amide bonds. The summed E-state index contributed by atoms with van der Waals surface area (Å²) in [5, 5.41) is 4.64. The van der Waals surface area contributed by atoms with E-state index < -0.39 is 10.0 Å². The molecule has 0 aliphatic heterocycles. The summed E-state index contributed by atoms with van der Waals surface area (Å²) < 4.78 is 31.6. The fourth-order valence-corrected chi connectivity index (χ4v) is 4.04. The molecule has 2 aromatic rings. The van der Waals surface area contributed by atoms with Crippen LogP contribution in [-0.4, -0.2) is 38.3 Å². The van der Waals surface area contributed by atoms with Crippen LogP contribution in [0.1, 0.15) is 32.6 Å². The van der Waals surface area contributed by atoms with Gasteiger partial charge < -0.3 is 15.1 Å². The van der Waals surface area contributed by atoms with Gasteiger partial charge in [-0.05, 0) is 43.3 Å². The van der Waals surface area contributed by atoms with E-state index in [-0.39, 0.29) is 23.4 Å². The van der Waals surface area contributed by atoms with Gasteiger partial charge in [0.05, 0.1) is 11.2 Å². The number of nitrogens with two attached hydrogens (primary N) is 1. The van der Waals surface area contributed by atoms with E-state index in [9.17, 15) is 13.2 Å². The molecule has 0 saturated carbocycles. The number of carbonyl (C=O) groups is 1.